The monoisotopic (exact) mass is 243 g/mol. The second-order valence-electron chi connectivity index (χ2n) is 5.07. The number of methoxy groups -OCH3 is 1. The van der Waals surface area contributed by atoms with Gasteiger partial charge >= 0.3 is 0 Å². The Balaban J connectivity index is 0.00000225. The highest BCUT2D eigenvalue weighted by Gasteiger charge is 2.22. The van der Waals surface area contributed by atoms with Crippen LogP contribution in [0.1, 0.15) is 37.9 Å². The topological polar surface area (TPSA) is 35.2 Å². The standard InChI is InChI=1S/C13H21NO.ClH/c1-9-8-10(6-7-11(9)15-5)12(14)13(2,3)4;/h6-8,12H,14H2,1-5H3;1H/t12-;/m0./s1. The van der Waals surface area contributed by atoms with Gasteiger partial charge in [0.05, 0.1) is 7.11 Å². The van der Waals surface area contributed by atoms with Crippen LogP contribution in [0.5, 0.6) is 5.75 Å². The molecule has 0 aliphatic carbocycles. The fourth-order valence-corrected chi connectivity index (χ4v) is 1.60. The van der Waals surface area contributed by atoms with Gasteiger partial charge in [0.1, 0.15) is 5.75 Å². The molecule has 16 heavy (non-hydrogen) atoms. The Morgan fingerprint density at radius 3 is 2.19 bits per heavy atom. The van der Waals surface area contributed by atoms with E-state index >= 15 is 0 Å². The summed E-state index contributed by atoms with van der Waals surface area (Å²) in [5, 5.41) is 0. The third kappa shape index (κ3) is 3.39. The van der Waals surface area contributed by atoms with Crippen LogP contribution in [0.2, 0.25) is 0 Å². The molecule has 1 aromatic rings. The van der Waals surface area contributed by atoms with E-state index in [1.807, 2.05) is 19.1 Å². The number of hydrogen-bond donors (Lipinski definition) is 1. The quantitative estimate of drug-likeness (QED) is 0.863. The highest BCUT2D eigenvalue weighted by Crippen LogP contribution is 2.32. The van der Waals surface area contributed by atoms with E-state index < -0.39 is 0 Å². The molecule has 0 unspecified atom stereocenters. The van der Waals surface area contributed by atoms with Crippen molar-refractivity contribution in [1.82, 2.24) is 0 Å². The van der Waals surface area contributed by atoms with Crippen LogP contribution in [-0.2, 0) is 0 Å². The van der Waals surface area contributed by atoms with Crippen molar-refractivity contribution in [2.75, 3.05) is 7.11 Å². The van der Waals surface area contributed by atoms with Gasteiger partial charge in [0, 0.05) is 6.04 Å². The molecule has 0 amide bonds. The predicted octanol–water partition coefficient (Wildman–Crippen LogP) is 3.47. The SMILES string of the molecule is COc1ccc([C@H](N)C(C)(C)C)cc1C.Cl. The first-order valence-electron chi connectivity index (χ1n) is 5.26. The van der Waals surface area contributed by atoms with E-state index in [0.29, 0.717) is 0 Å². The average molecular weight is 244 g/mol. The molecular weight excluding hydrogens is 222 g/mol. The number of hydrogen-bond acceptors (Lipinski definition) is 2. The van der Waals surface area contributed by atoms with Crippen LogP contribution < -0.4 is 10.5 Å². The van der Waals surface area contributed by atoms with Crippen molar-refractivity contribution < 1.29 is 4.74 Å². The maximum atomic E-state index is 6.19. The Morgan fingerprint density at radius 1 is 1.25 bits per heavy atom. The number of ether oxygens (including phenoxy) is 1. The van der Waals surface area contributed by atoms with Gasteiger partial charge < -0.3 is 10.5 Å². The first-order valence-corrected chi connectivity index (χ1v) is 5.26. The van der Waals surface area contributed by atoms with Gasteiger partial charge in [-0.3, -0.25) is 0 Å². The Labute approximate surface area is 105 Å². The van der Waals surface area contributed by atoms with Crippen LogP contribution >= 0.6 is 12.4 Å². The normalized spacial score (nSPS) is 12.9. The van der Waals surface area contributed by atoms with Gasteiger partial charge in [-0.15, -0.1) is 12.4 Å². The minimum atomic E-state index is 0. The van der Waals surface area contributed by atoms with Gasteiger partial charge in [0.2, 0.25) is 0 Å². The molecule has 92 valence electrons. The Morgan fingerprint density at radius 2 is 1.81 bits per heavy atom. The van der Waals surface area contributed by atoms with Gasteiger partial charge in [-0.2, -0.15) is 0 Å². The molecule has 0 aromatic heterocycles. The molecule has 0 bridgehead atoms. The number of halogens is 1. The maximum absolute atomic E-state index is 6.19. The molecule has 0 saturated carbocycles. The van der Waals surface area contributed by atoms with Gasteiger partial charge in [-0.25, -0.2) is 0 Å². The van der Waals surface area contributed by atoms with Gasteiger partial charge in [0.25, 0.3) is 0 Å². The molecule has 2 nitrogen and oxygen atoms in total. The number of benzene rings is 1. The van der Waals surface area contributed by atoms with Crippen LogP contribution in [0.25, 0.3) is 0 Å². The molecule has 1 rings (SSSR count). The van der Waals surface area contributed by atoms with E-state index in [1.165, 1.54) is 5.56 Å². The summed E-state index contributed by atoms with van der Waals surface area (Å²) in [7, 11) is 1.69. The highest BCUT2D eigenvalue weighted by atomic mass is 35.5. The van der Waals surface area contributed by atoms with Crippen LogP contribution in [0.4, 0.5) is 0 Å². The summed E-state index contributed by atoms with van der Waals surface area (Å²) in [6.07, 6.45) is 0. The highest BCUT2D eigenvalue weighted by molar-refractivity contribution is 5.85. The summed E-state index contributed by atoms with van der Waals surface area (Å²) in [6, 6.07) is 6.19. The third-order valence-corrected chi connectivity index (χ3v) is 2.71. The van der Waals surface area contributed by atoms with Crippen molar-refractivity contribution in [3.8, 4) is 5.75 Å². The molecule has 0 heterocycles. The third-order valence-electron chi connectivity index (χ3n) is 2.71. The van der Waals surface area contributed by atoms with Gasteiger partial charge in [0.15, 0.2) is 0 Å². The van der Waals surface area contributed by atoms with Crippen molar-refractivity contribution in [2.24, 2.45) is 11.1 Å². The average Bonchev–Trinajstić information content (AvgIpc) is 2.15. The minimum Gasteiger partial charge on any atom is -0.496 e. The van der Waals surface area contributed by atoms with E-state index in [0.717, 1.165) is 11.3 Å². The number of rotatable bonds is 2. The molecule has 2 N–H and O–H groups in total. The first kappa shape index (κ1) is 15.3. The van der Waals surface area contributed by atoms with E-state index in [2.05, 4.69) is 26.8 Å². The molecule has 3 heteroatoms. The molecule has 0 fully saturated rings. The van der Waals surface area contributed by atoms with Crippen LogP contribution in [0.3, 0.4) is 0 Å². The van der Waals surface area contributed by atoms with E-state index in [9.17, 15) is 0 Å². The van der Waals surface area contributed by atoms with E-state index in [4.69, 9.17) is 10.5 Å². The zero-order chi connectivity index (χ0) is 11.6. The van der Waals surface area contributed by atoms with Crippen molar-refractivity contribution in [1.29, 1.82) is 0 Å². The summed E-state index contributed by atoms with van der Waals surface area (Å²) < 4.78 is 5.22. The molecule has 1 atom stereocenters. The van der Waals surface area contributed by atoms with Crippen molar-refractivity contribution >= 4 is 12.4 Å². The number of nitrogens with two attached hydrogens (primary N) is 1. The van der Waals surface area contributed by atoms with E-state index in [-0.39, 0.29) is 23.9 Å². The fourth-order valence-electron chi connectivity index (χ4n) is 1.60. The fraction of sp³-hybridized carbons (Fsp3) is 0.538. The van der Waals surface area contributed by atoms with Crippen LogP contribution in [0, 0.1) is 12.3 Å². The zero-order valence-corrected chi connectivity index (χ0v) is 11.5. The molecular formula is C13H22ClNO. The Hall–Kier alpha value is -0.730. The second-order valence-corrected chi connectivity index (χ2v) is 5.07. The summed E-state index contributed by atoms with van der Waals surface area (Å²) >= 11 is 0. The zero-order valence-electron chi connectivity index (χ0n) is 10.7. The molecule has 0 radical (unpaired) electrons. The maximum Gasteiger partial charge on any atom is 0.121 e. The minimum absolute atomic E-state index is 0. The van der Waals surface area contributed by atoms with E-state index in [1.54, 1.807) is 7.11 Å². The summed E-state index contributed by atoms with van der Waals surface area (Å²) in [6.45, 7) is 8.49. The summed E-state index contributed by atoms with van der Waals surface area (Å²) in [5.41, 5.74) is 8.58. The van der Waals surface area contributed by atoms with Crippen molar-refractivity contribution in [2.45, 2.75) is 33.7 Å². The second kappa shape index (κ2) is 5.55. The largest absolute Gasteiger partial charge is 0.496 e. The lowest BCUT2D eigenvalue weighted by molar-refractivity contribution is 0.326. The van der Waals surface area contributed by atoms with Gasteiger partial charge in [-0.05, 0) is 29.5 Å². The predicted molar refractivity (Wildman–Crippen MR) is 71.4 cm³/mol. The first-order chi connectivity index (χ1) is 6.86. The lowest BCUT2D eigenvalue weighted by Crippen LogP contribution is -2.26. The lowest BCUT2D eigenvalue weighted by Gasteiger charge is -2.27. The van der Waals surface area contributed by atoms with Crippen molar-refractivity contribution in [3.63, 3.8) is 0 Å². The van der Waals surface area contributed by atoms with Crippen LogP contribution in [0.15, 0.2) is 18.2 Å². The molecule has 0 saturated heterocycles. The number of aryl methyl sites for hydroxylation is 1. The smallest absolute Gasteiger partial charge is 0.121 e. The molecule has 0 aliphatic rings. The van der Waals surface area contributed by atoms with Crippen LogP contribution in [-0.4, -0.2) is 7.11 Å². The summed E-state index contributed by atoms with van der Waals surface area (Å²) in [4.78, 5) is 0. The molecule has 0 spiro atoms. The Bertz CT molecular complexity index is 344. The Kier molecular flexibility index (Phi) is 5.30. The van der Waals surface area contributed by atoms with Gasteiger partial charge in [-0.1, -0.05) is 32.9 Å². The molecule has 0 aliphatic heterocycles. The summed E-state index contributed by atoms with van der Waals surface area (Å²) in [5.74, 6) is 0.917. The lowest BCUT2D eigenvalue weighted by atomic mass is 9.83. The van der Waals surface area contributed by atoms with Crippen molar-refractivity contribution in [3.05, 3.63) is 29.3 Å². The molecule has 1 aromatic carbocycles.